The molecular formula is C12H14BrI. The van der Waals surface area contributed by atoms with Gasteiger partial charge in [0, 0.05) is 8.90 Å². The first-order valence-corrected chi connectivity index (χ1v) is 6.74. The van der Waals surface area contributed by atoms with Gasteiger partial charge in [0.15, 0.2) is 0 Å². The second-order valence-corrected chi connectivity index (χ2v) is 5.60. The van der Waals surface area contributed by atoms with Gasteiger partial charge in [-0.05, 0) is 52.1 Å². The fourth-order valence-corrected chi connectivity index (χ4v) is 2.03. The molecule has 0 fully saturated rings. The molecule has 0 amide bonds. The highest BCUT2D eigenvalue weighted by atomic mass is 127. The molecular weight excluding hydrogens is 351 g/mol. The summed E-state index contributed by atoms with van der Waals surface area (Å²) in [6, 6.07) is 8.67. The lowest BCUT2D eigenvalue weighted by Gasteiger charge is -2.22. The van der Waals surface area contributed by atoms with Crippen LogP contribution < -0.4 is 0 Å². The van der Waals surface area contributed by atoms with Crippen LogP contribution in [0.1, 0.15) is 12.5 Å². The van der Waals surface area contributed by atoms with Crippen molar-refractivity contribution >= 4 is 38.5 Å². The summed E-state index contributed by atoms with van der Waals surface area (Å²) in [6.07, 6.45) is 3.07. The van der Waals surface area contributed by atoms with Crippen LogP contribution in [0.25, 0.3) is 0 Å². The third-order valence-electron chi connectivity index (χ3n) is 2.32. The number of allylic oxidation sites excluding steroid dienone is 1. The zero-order valence-electron chi connectivity index (χ0n) is 8.26. The topological polar surface area (TPSA) is 0 Å². The van der Waals surface area contributed by atoms with E-state index in [0.717, 1.165) is 11.8 Å². The Morgan fingerprint density at radius 3 is 2.43 bits per heavy atom. The van der Waals surface area contributed by atoms with Crippen LogP contribution in [0.5, 0.6) is 0 Å². The molecule has 1 aromatic carbocycles. The van der Waals surface area contributed by atoms with Crippen LogP contribution in [0.3, 0.4) is 0 Å². The number of rotatable bonds is 4. The van der Waals surface area contributed by atoms with Gasteiger partial charge in [0.1, 0.15) is 0 Å². The fourth-order valence-electron chi connectivity index (χ4n) is 1.24. The summed E-state index contributed by atoms with van der Waals surface area (Å²) in [7, 11) is 0. The Morgan fingerprint density at radius 2 is 2.00 bits per heavy atom. The van der Waals surface area contributed by atoms with Crippen LogP contribution in [0.2, 0.25) is 0 Å². The van der Waals surface area contributed by atoms with Crippen molar-refractivity contribution < 1.29 is 0 Å². The summed E-state index contributed by atoms with van der Waals surface area (Å²) < 4.78 is 1.28. The molecule has 0 aromatic heterocycles. The van der Waals surface area contributed by atoms with Gasteiger partial charge in [-0.15, -0.1) is 6.58 Å². The third-order valence-corrected chi connectivity index (χ3v) is 4.32. The molecule has 1 rings (SSSR count). The highest BCUT2D eigenvalue weighted by Crippen LogP contribution is 2.26. The van der Waals surface area contributed by atoms with Crippen molar-refractivity contribution in [1.29, 1.82) is 0 Å². The number of alkyl halides is 1. The third kappa shape index (κ3) is 3.39. The van der Waals surface area contributed by atoms with E-state index in [0.29, 0.717) is 0 Å². The van der Waals surface area contributed by atoms with E-state index in [1.807, 2.05) is 6.08 Å². The van der Waals surface area contributed by atoms with Gasteiger partial charge < -0.3 is 0 Å². The first kappa shape index (κ1) is 12.2. The molecule has 0 aliphatic rings. The van der Waals surface area contributed by atoms with Crippen LogP contribution in [0.4, 0.5) is 0 Å². The van der Waals surface area contributed by atoms with Crippen molar-refractivity contribution in [3.63, 3.8) is 0 Å². The van der Waals surface area contributed by atoms with Crippen LogP contribution in [-0.2, 0) is 6.42 Å². The second kappa shape index (κ2) is 5.31. The maximum Gasteiger partial charge on any atom is 0.0130 e. The molecule has 0 spiro atoms. The van der Waals surface area contributed by atoms with Crippen molar-refractivity contribution in [2.45, 2.75) is 13.3 Å². The van der Waals surface area contributed by atoms with Crippen molar-refractivity contribution in [1.82, 2.24) is 0 Å². The monoisotopic (exact) mass is 364 g/mol. The molecule has 0 aliphatic carbocycles. The van der Waals surface area contributed by atoms with Gasteiger partial charge in [0.2, 0.25) is 0 Å². The lowest BCUT2D eigenvalue weighted by molar-refractivity contribution is 0.493. The molecule has 1 unspecified atom stereocenters. The zero-order valence-corrected chi connectivity index (χ0v) is 12.0. The van der Waals surface area contributed by atoms with Gasteiger partial charge in [0.05, 0.1) is 0 Å². The molecule has 14 heavy (non-hydrogen) atoms. The average molecular weight is 365 g/mol. The smallest absolute Gasteiger partial charge is 0.0130 e. The molecule has 0 saturated heterocycles. The minimum atomic E-state index is 0.160. The van der Waals surface area contributed by atoms with E-state index in [1.54, 1.807) is 0 Å². The van der Waals surface area contributed by atoms with E-state index >= 15 is 0 Å². The van der Waals surface area contributed by atoms with Crippen LogP contribution in [0, 0.1) is 8.99 Å². The summed E-state index contributed by atoms with van der Waals surface area (Å²) in [5, 5.41) is 0.954. The first-order chi connectivity index (χ1) is 6.59. The number of benzene rings is 1. The van der Waals surface area contributed by atoms with Gasteiger partial charge in [0.25, 0.3) is 0 Å². The summed E-state index contributed by atoms with van der Waals surface area (Å²) in [5.74, 6) is 0. The van der Waals surface area contributed by atoms with Crippen LogP contribution in [0.15, 0.2) is 36.9 Å². The van der Waals surface area contributed by atoms with E-state index in [1.165, 1.54) is 9.13 Å². The van der Waals surface area contributed by atoms with Gasteiger partial charge in [-0.3, -0.25) is 0 Å². The van der Waals surface area contributed by atoms with Gasteiger partial charge in [-0.1, -0.05) is 41.1 Å². The molecule has 0 aliphatic heterocycles. The molecule has 1 atom stereocenters. The molecule has 0 radical (unpaired) electrons. The van der Waals surface area contributed by atoms with E-state index in [4.69, 9.17) is 0 Å². The summed E-state index contributed by atoms with van der Waals surface area (Å²) in [6.45, 7) is 6.10. The van der Waals surface area contributed by atoms with E-state index in [-0.39, 0.29) is 5.41 Å². The molecule has 0 saturated carbocycles. The quantitative estimate of drug-likeness (QED) is 0.421. The van der Waals surface area contributed by atoms with Gasteiger partial charge in [-0.2, -0.15) is 0 Å². The highest BCUT2D eigenvalue weighted by molar-refractivity contribution is 14.1. The Labute approximate surface area is 108 Å². The standard InChI is InChI=1S/C12H14BrI/c1-3-12(2,9-13)8-10-4-6-11(14)7-5-10/h3-7H,1,8-9H2,2H3. The van der Waals surface area contributed by atoms with Crippen LogP contribution in [-0.4, -0.2) is 5.33 Å². The number of hydrogen-bond acceptors (Lipinski definition) is 0. The van der Waals surface area contributed by atoms with Gasteiger partial charge >= 0.3 is 0 Å². The van der Waals surface area contributed by atoms with E-state index < -0.39 is 0 Å². The van der Waals surface area contributed by atoms with Crippen molar-refractivity contribution in [3.8, 4) is 0 Å². The Balaban J connectivity index is 2.77. The largest absolute Gasteiger partial charge is 0.102 e. The summed E-state index contributed by atoms with van der Waals surface area (Å²) in [4.78, 5) is 0. The molecule has 1 aromatic rings. The molecule has 0 heterocycles. The maximum absolute atomic E-state index is 3.89. The average Bonchev–Trinajstić information content (AvgIpc) is 2.21. The second-order valence-electron chi connectivity index (χ2n) is 3.80. The predicted molar refractivity (Wildman–Crippen MR) is 75.0 cm³/mol. The Bertz CT molecular complexity index is 305. The normalized spacial score (nSPS) is 14.8. The minimum absolute atomic E-state index is 0.160. The van der Waals surface area contributed by atoms with Crippen molar-refractivity contribution in [3.05, 3.63) is 46.1 Å². The molecule has 0 bridgehead atoms. The van der Waals surface area contributed by atoms with Crippen LogP contribution >= 0.6 is 38.5 Å². The Hall–Kier alpha value is 0.170. The highest BCUT2D eigenvalue weighted by Gasteiger charge is 2.18. The lowest BCUT2D eigenvalue weighted by Crippen LogP contribution is -2.17. The van der Waals surface area contributed by atoms with Gasteiger partial charge in [-0.25, -0.2) is 0 Å². The van der Waals surface area contributed by atoms with E-state index in [2.05, 4.69) is 76.3 Å². The van der Waals surface area contributed by atoms with Crippen molar-refractivity contribution in [2.75, 3.05) is 5.33 Å². The fraction of sp³-hybridized carbons (Fsp3) is 0.333. The molecule has 0 nitrogen and oxygen atoms in total. The lowest BCUT2D eigenvalue weighted by atomic mass is 9.86. The maximum atomic E-state index is 3.89. The molecule has 2 heteroatoms. The summed E-state index contributed by atoms with van der Waals surface area (Å²) in [5.41, 5.74) is 1.53. The predicted octanol–water partition coefficient (Wildman–Crippen LogP) is 4.42. The summed E-state index contributed by atoms with van der Waals surface area (Å²) >= 11 is 5.85. The Kier molecular flexibility index (Phi) is 4.64. The molecule has 76 valence electrons. The molecule has 0 N–H and O–H groups in total. The Morgan fingerprint density at radius 1 is 1.43 bits per heavy atom. The number of halogens is 2. The zero-order chi connectivity index (χ0) is 10.6. The van der Waals surface area contributed by atoms with Crippen molar-refractivity contribution in [2.24, 2.45) is 5.41 Å². The minimum Gasteiger partial charge on any atom is -0.102 e. The first-order valence-electron chi connectivity index (χ1n) is 4.54. The van der Waals surface area contributed by atoms with E-state index in [9.17, 15) is 0 Å². The number of hydrogen-bond donors (Lipinski definition) is 0. The SMILES string of the molecule is C=CC(C)(CBr)Cc1ccc(I)cc1.